The van der Waals surface area contributed by atoms with Gasteiger partial charge in [0, 0.05) is 0 Å². The van der Waals surface area contributed by atoms with Crippen molar-refractivity contribution < 1.29 is 17.5 Å². The predicted molar refractivity (Wildman–Crippen MR) is 91.2 cm³/mol. The van der Waals surface area contributed by atoms with Crippen molar-refractivity contribution in [3.8, 4) is 0 Å². The van der Waals surface area contributed by atoms with Gasteiger partial charge in [-0.25, -0.2) is 0 Å². The number of nitrogens with one attached hydrogen (secondary N) is 1. The van der Waals surface area contributed by atoms with Crippen LogP contribution in [0, 0.1) is 0 Å². The van der Waals surface area contributed by atoms with E-state index in [4.69, 9.17) is 4.55 Å². The van der Waals surface area contributed by atoms with Crippen molar-refractivity contribution in [2.45, 2.75) is 53.9 Å². The van der Waals surface area contributed by atoms with Gasteiger partial charge >= 0.3 is 0 Å². The lowest BCUT2D eigenvalue weighted by Gasteiger charge is -2.34. The molecule has 0 aliphatic heterocycles. The number of nitrogens with zero attached hydrogens (tertiary/aromatic N) is 1. The van der Waals surface area contributed by atoms with Crippen molar-refractivity contribution in [2.75, 3.05) is 45.0 Å². The lowest BCUT2D eigenvalue weighted by molar-refractivity contribution is -0.921. The van der Waals surface area contributed by atoms with Crippen molar-refractivity contribution >= 4 is 10.1 Å². The quantitative estimate of drug-likeness (QED) is 0.348. The van der Waals surface area contributed by atoms with Crippen LogP contribution >= 0.6 is 0 Å². The van der Waals surface area contributed by atoms with Gasteiger partial charge in [0.1, 0.15) is 0 Å². The highest BCUT2D eigenvalue weighted by Gasteiger charge is 2.16. The molecule has 0 aromatic carbocycles. The second-order valence-corrected chi connectivity index (χ2v) is 6.92. The lowest BCUT2D eigenvalue weighted by atomic mass is 10.3. The maximum absolute atomic E-state index is 10.2. The zero-order valence-corrected chi connectivity index (χ0v) is 15.5. The van der Waals surface area contributed by atoms with Crippen molar-refractivity contribution in [3.05, 3.63) is 0 Å². The van der Waals surface area contributed by atoms with E-state index in [0.717, 1.165) is 19.4 Å². The van der Waals surface area contributed by atoms with E-state index in [2.05, 4.69) is 39.9 Å². The number of hydrogen-bond donors (Lipinski definition) is 2. The fraction of sp³-hybridized carbons (Fsp3) is 1.00. The first-order valence-corrected chi connectivity index (χ1v) is 9.92. The van der Waals surface area contributed by atoms with Gasteiger partial charge in [-0.1, -0.05) is 13.3 Å². The Morgan fingerprint density at radius 3 is 1.57 bits per heavy atom. The lowest BCUT2D eigenvalue weighted by Crippen LogP contribution is -2.47. The molecule has 0 spiro atoms. The van der Waals surface area contributed by atoms with E-state index in [1.54, 1.807) is 0 Å². The molecule has 0 amide bonds. The monoisotopic (exact) mass is 325 g/mol. The average molecular weight is 326 g/mol. The standard InChI is InChI=1S/C8H20N.C7H17NO3S/c1-5-9(6-2,7-3)8-4;1-2-3-5-8-6-4-7-12(9,10)11/h5-8H2,1-4H3;8H,2-7H2,1H3,(H,9,10,11)/q+1;. The highest BCUT2D eigenvalue weighted by atomic mass is 32.2. The highest BCUT2D eigenvalue weighted by molar-refractivity contribution is 7.85. The van der Waals surface area contributed by atoms with E-state index in [1.165, 1.54) is 30.7 Å². The van der Waals surface area contributed by atoms with Crippen LogP contribution in [0.1, 0.15) is 53.9 Å². The first kappa shape index (κ1) is 23.1. The molecule has 5 nitrogen and oxygen atoms in total. The minimum atomic E-state index is -3.76. The molecule has 130 valence electrons. The summed E-state index contributed by atoms with van der Waals surface area (Å²) in [6.07, 6.45) is 2.71. The number of rotatable bonds is 11. The van der Waals surface area contributed by atoms with Gasteiger partial charge in [-0.2, -0.15) is 8.42 Å². The minimum Gasteiger partial charge on any atom is -0.325 e. The Morgan fingerprint density at radius 2 is 1.29 bits per heavy atom. The van der Waals surface area contributed by atoms with Crippen LogP contribution in [0.4, 0.5) is 0 Å². The van der Waals surface area contributed by atoms with Crippen LogP contribution in [-0.2, 0) is 10.1 Å². The summed E-state index contributed by atoms with van der Waals surface area (Å²) in [5.41, 5.74) is 0. The molecule has 0 unspecified atom stereocenters. The van der Waals surface area contributed by atoms with E-state index >= 15 is 0 Å². The molecule has 0 aliphatic rings. The first-order valence-electron chi connectivity index (χ1n) is 8.31. The SMILES string of the molecule is CCCCNCCCS(=O)(=O)O.CC[N+](CC)(CC)CC. The van der Waals surface area contributed by atoms with E-state index in [1.807, 2.05) is 0 Å². The second-order valence-electron chi connectivity index (χ2n) is 5.35. The van der Waals surface area contributed by atoms with Crippen LogP contribution < -0.4 is 5.32 Å². The summed E-state index contributed by atoms with van der Waals surface area (Å²) >= 11 is 0. The summed E-state index contributed by atoms with van der Waals surface area (Å²) in [7, 11) is -3.76. The molecule has 2 N–H and O–H groups in total. The molecule has 21 heavy (non-hydrogen) atoms. The summed E-state index contributed by atoms with van der Waals surface area (Å²) in [6.45, 7) is 17.9. The van der Waals surface area contributed by atoms with Crippen LogP contribution in [0.15, 0.2) is 0 Å². The zero-order valence-electron chi connectivity index (χ0n) is 14.7. The highest BCUT2D eigenvalue weighted by Crippen LogP contribution is 2.03. The molecule has 0 fully saturated rings. The van der Waals surface area contributed by atoms with E-state index < -0.39 is 10.1 Å². The fourth-order valence-corrected chi connectivity index (χ4v) is 2.66. The van der Waals surface area contributed by atoms with Gasteiger partial charge in [0.05, 0.1) is 31.9 Å². The van der Waals surface area contributed by atoms with Gasteiger partial charge in [0.25, 0.3) is 10.1 Å². The molecule has 0 saturated carbocycles. The van der Waals surface area contributed by atoms with E-state index in [-0.39, 0.29) is 5.75 Å². The second kappa shape index (κ2) is 13.5. The normalized spacial score (nSPS) is 11.9. The smallest absolute Gasteiger partial charge is 0.264 e. The van der Waals surface area contributed by atoms with Gasteiger partial charge in [0.2, 0.25) is 0 Å². The fourth-order valence-electron chi connectivity index (χ4n) is 2.15. The van der Waals surface area contributed by atoms with Crippen LogP contribution in [0.3, 0.4) is 0 Å². The Morgan fingerprint density at radius 1 is 0.857 bits per heavy atom. The molecular weight excluding hydrogens is 288 g/mol. The van der Waals surface area contributed by atoms with Gasteiger partial charge in [0.15, 0.2) is 0 Å². The first-order chi connectivity index (χ1) is 9.80. The number of hydrogen-bond acceptors (Lipinski definition) is 3. The summed E-state index contributed by atoms with van der Waals surface area (Å²) in [5, 5.41) is 3.08. The molecule has 0 bridgehead atoms. The van der Waals surface area contributed by atoms with Crippen LogP contribution in [-0.4, -0.2) is 62.5 Å². The third-order valence-electron chi connectivity index (χ3n) is 4.15. The van der Waals surface area contributed by atoms with E-state index in [9.17, 15) is 8.42 Å². The molecule has 0 atom stereocenters. The van der Waals surface area contributed by atoms with Gasteiger partial charge < -0.3 is 9.80 Å². The van der Waals surface area contributed by atoms with Crippen LogP contribution in [0.25, 0.3) is 0 Å². The average Bonchev–Trinajstić information content (AvgIpc) is 2.45. The molecule has 0 radical (unpaired) electrons. The number of quaternary nitrogens is 1. The third kappa shape index (κ3) is 14.5. The zero-order chi connectivity index (χ0) is 16.8. The summed E-state index contributed by atoms with van der Waals surface area (Å²) in [4.78, 5) is 0. The van der Waals surface area contributed by atoms with Gasteiger partial charge in [-0.15, -0.1) is 0 Å². The predicted octanol–water partition coefficient (Wildman–Crippen LogP) is 2.54. The molecule has 0 rings (SSSR count). The Balaban J connectivity index is 0. The molecular formula is C15H37N2O3S+. The summed E-state index contributed by atoms with van der Waals surface area (Å²) in [5.74, 6) is -0.147. The Labute approximate surface area is 132 Å². The van der Waals surface area contributed by atoms with Crippen molar-refractivity contribution in [3.63, 3.8) is 0 Å². The molecule has 0 heterocycles. The Hall–Kier alpha value is -0.170. The van der Waals surface area contributed by atoms with Crippen LogP contribution in [0.5, 0.6) is 0 Å². The van der Waals surface area contributed by atoms with Gasteiger partial charge in [-0.05, 0) is 53.6 Å². The molecule has 0 aliphatic carbocycles. The Kier molecular flexibility index (Phi) is 14.8. The summed E-state index contributed by atoms with van der Waals surface area (Å²) in [6, 6.07) is 0. The van der Waals surface area contributed by atoms with Crippen molar-refractivity contribution in [1.82, 2.24) is 5.32 Å². The summed E-state index contributed by atoms with van der Waals surface area (Å²) < 4.78 is 30.1. The third-order valence-corrected chi connectivity index (χ3v) is 4.95. The molecule has 0 aromatic heterocycles. The Bertz CT molecular complexity index is 297. The van der Waals surface area contributed by atoms with E-state index in [0.29, 0.717) is 13.0 Å². The maximum Gasteiger partial charge on any atom is 0.264 e. The van der Waals surface area contributed by atoms with Gasteiger partial charge in [-0.3, -0.25) is 4.55 Å². The largest absolute Gasteiger partial charge is 0.325 e. The van der Waals surface area contributed by atoms with Crippen molar-refractivity contribution in [1.29, 1.82) is 0 Å². The maximum atomic E-state index is 10.2. The van der Waals surface area contributed by atoms with Crippen LogP contribution in [0.2, 0.25) is 0 Å². The van der Waals surface area contributed by atoms with Crippen molar-refractivity contribution in [2.24, 2.45) is 0 Å². The molecule has 0 aromatic rings. The topological polar surface area (TPSA) is 66.4 Å². The number of unbranched alkanes of at least 4 members (excludes halogenated alkanes) is 1. The molecule has 6 heteroatoms. The molecule has 0 saturated heterocycles. The minimum absolute atomic E-state index is 0.147.